The second kappa shape index (κ2) is 8.83. The number of ether oxygens (including phenoxy) is 1. The highest BCUT2D eigenvalue weighted by Crippen LogP contribution is 2.32. The Hall–Kier alpha value is -2.67. The second-order valence-corrected chi connectivity index (χ2v) is 8.92. The predicted octanol–water partition coefficient (Wildman–Crippen LogP) is 3.92. The van der Waals surface area contributed by atoms with E-state index in [2.05, 4.69) is 22.5 Å². The molecule has 2 aliphatic carbocycles. The molecule has 2 N–H and O–H groups in total. The number of carbonyl (C=O) groups excluding carboxylic acids is 1. The van der Waals surface area contributed by atoms with E-state index in [0.717, 1.165) is 68.3 Å². The zero-order valence-corrected chi connectivity index (χ0v) is 18.2. The number of nitrogens with one attached hydrogen (secondary N) is 2. The molecule has 2 aromatic rings. The minimum Gasteiger partial charge on any atom is -0.377 e. The van der Waals surface area contributed by atoms with Crippen LogP contribution >= 0.6 is 0 Å². The van der Waals surface area contributed by atoms with Crippen molar-refractivity contribution in [2.24, 2.45) is 0 Å². The smallest absolute Gasteiger partial charge is 0.319 e. The molecule has 2 heterocycles. The standard InChI is InChI=1S/C24H31N5O2/c1-16-15-31-14-13-29(16)23-20-7-2-3-8-21(20)27-22(28-23)17-9-11-19(12-10-17)26-24(30)25-18-5-4-6-18/h9-12,16,18H,2-8,13-15H2,1H3,(H2,25,26,30). The summed E-state index contributed by atoms with van der Waals surface area (Å²) in [4.78, 5) is 24.5. The molecule has 1 aliphatic heterocycles. The molecule has 0 radical (unpaired) electrons. The van der Waals surface area contributed by atoms with E-state index in [0.29, 0.717) is 12.1 Å². The van der Waals surface area contributed by atoms with Crippen molar-refractivity contribution in [1.82, 2.24) is 15.3 Å². The average molecular weight is 422 g/mol. The van der Waals surface area contributed by atoms with Crippen molar-refractivity contribution < 1.29 is 9.53 Å². The van der Waals surface area contributed by atoms with Crippen molar-refractivity contribution in [3.8, 4) is 11.4 Å². The van der Waals surface area contributed by atoms with Crippen molar-refractivity contribution in [3.63, 3.8) is 0 Å². The maximum atomic E-state index is 12.1. The number of morpholine rings is 1. The highest BCUT2D eigenvalue weighted by atomic mass is 16.5. The number of anilines is 2. The number of carbonyl (C=O) groups is 1. The maximum Gasteiger partial charge on any atom is 0.319 e. The summed E-state index contributed by atoms with van der Waals surface area (Å²) in [6.45, 7) is 4.54. The first kappa shape index (κ1) is 20.2. The molecule has 0 bridgehead atoms. The molecule has 3 aliphatic rings. The molecular formula is C24H31N5O2. The van der Waals surface area contributed by atoms with Gasteiger partial charge >= 0.3 is 6.03 Å². The number of hydrogen-bond acceptors (Lipinski definition) is 5. The molecular weight excluding hydrogens is 390 g/mol. The van der Waals surface area contributed by atoms with Gasteiger partial charge in [-0.2, -0.15) is 0 Å². The summed E-state index contributed by atoms with van der Waals surface area (Å²) < 4.78 is 5.65. The summed E-state index contributed by atoms with van der Waals surface area (Å²) >= 11 is 0. The summed E-state index contributed by atoms with van der Waals surface area (Å²) in [6.07, 6.45) is 7.79. The molecule has 1 atom stereocenters. The third-order valence-electron chi connectivity index (χ3n) is 6.64. The average Bonchev–Trinajstić information content (AvgIpc) is 2.76. The molecule has 31 heavy (non-hydrogen) atoms. The second-order valence-electron chi connectivity index (χ2n) is 8.92. The van der Waals surface area contributed by atoms with Crippen molar-refractivity contribution in [2.45, 2.75) is 64.0 Å². The summed E-state index contributed by atoms with van der Waals surface area (Å²) in [5.74, 6) is 1.84. The fourth-order valence-corrected chi connectivity index (χ4v) is 4.59. The van der Waals surface area contributed by atoms with E-state index in [1.54, 1.807) is 0 Å². The fourth-order valence-electron chi connectivity index (χ4n) is 4.59. The van der Waals surface area contributed by atoms with Crippen molar-refractivity contribution in [1.29, 1.82) is 0 Å². The molecule has 2 fully saturated rings. The number of hydrogen-bond donors (Lipinski definition) is 2. The normalized spacial score (nSPS) is 21.2. The van der Waals surface area contributed by atoms with E-state index in [-0.39, 0.29) is 6.03 Å². The number of rotatable bonds is 4. The third kappa shape index (κ3) is 4.37. The first-order valence-corrected chi connectivity index (χ1v) is 11.6. The van der Waals surface area contributed by atoms with E-state index in [9.17, 15) is 4.79 Å². The molecule has 1 aromatic carbocycles. The van der Waals surface area contributed by atoms with Gasteiger partial charge in [0, 0.05) is 35.1 Å². The maximum absolute atomic E-state index is 12.1. The number of nitrogens with zero attached hydrogens (tertiary/aromatic N) is 3. The lowest BCUT2D eigenvalue weighted by Gasteiger charge is -2.36. The Morgan fingerprint density at radius 2 is 1.90 bits per heavy atom. The number of benzene rings is 1. The van der Waals surface area contributed by atoms with Gasteiger partial charge in [0.15, 0.2) is 5.82 Å². The number of amides is 2. The first-order chi connectivity index (χ1) is 15.2. The Kier molecular flexibility index (Phi) is 5.76. The van der Waals surface area contributed by atoms with Crippen LogP contribution in [0.1, 0.15) is 50.3 Å². The van der Waals surface area contributed by atoms with Crippen LogP contribution in [-0.4, -0.2) is 47.8 Å². The zero-order valence-electron chi connectivity index (χ0n) is 18.2. The van der Waals surface area contributed by atoms with Crippen molar-refractivity contribution >= 4 is 17.5 Å². The number of fused-ring (bicyclic) bond motifs is 1. The van der Waals surface area contributed by atoms with Crippen molar-refractivity contribution in [2.75, 3.05) is 30.0 Å². The van der Waals surface area contributed by atoms with E-state index in [4.69, 9.17) is 14.7 Å². The lowest BCUT2D eigenvalue weighted by molar-refractivity contribution is 0.0984. The van der Waals surface area contributed by atoms with Crippen LogP contribution in [-0.2, 0) is 17.6 Å². The quantitative estimate of drug-likeness (QED) is 0.782. The SMILES string of the molecule is CC1COCCN1c1nc(-c2ccc(NC(=O)NC3CCC3)cc2)nc2c1CCCC2. The van der Waals surface area contributed by atoms with E-state index < -0.39 is 0 Å². The van der Waals surface area contributed by atoms with Crippen LogP contribution in [0.4, 0.5) is 16.3 Å². The van der Waals surface area contributed by atoms with E-state index in [1.807, 2.05) is 24.3 Å². The summed E-state index contributed by atoms with van der Waals surface area (Å²) in [5.41, 5.74) is 4.25. The van der Waals surface area contributed by atoms with Crippen LogP contribution in [0, 0.1) is 0 Å². The van der Waals surface area contributed by atoms with Crippen molar-refractivity contribution in [3.05, 3.63) is 35.5 Å². The van der Waals surface area contributed by atoms with Gasteiger partial charge in [-0.15, -0.1) is 0 Å². The molecule has 1 aromatic heterocycles. The molecule has 1 saturated heterocycles. The monoisotopic (exact) mass is 421 g/mol. The fraction of sp³-hybridized carbons (Fsp3) is 0.542. The Morgan fingerprint density at radius 3 is 2.65 bits per heavy atom. The van der Waals surface area contributed by atoms with Gasteiger partial charge in [0.25, 0.3) is 0 Å². The van der Waals surface area contributed by atoms with Gasteiger partial charge in [0.05, 0.1) is 19.3 Å². The molecule has 2 amide bonds. The predicted molar refractivity (Wildman–Crippen MR) is 122 cm³/mol. The van der Waals surface area contributed by atoms with Crippen LogP contribution in [0.5, 0.6) is 0 Å². The molecule has 0 spiro atoms. The topological polar surface area (TPSA) is 79.4 Å². The number of aryl methyl sites for hydroxylation is 1. The largest absolute Gasteiger partial charge is 0.377 e. The van der Waals surface area contributed by atoms with Gasteiger partial charge in [-0.25, -0.2) is 14.8 Å². The van der Waals surface area contributed by atoms with Gasteiger partial charge in [0.2, 0.25) is 0 Å². The Labute approximate surface area is 183 Å². The van der Waals surface area contributed by atoms with Gasteiger partial charge in [-0.3, -0.25) is 0 Å². The summed E-state index contributed by atoms with van der Waals surface area (Å²) in [5, 5.41) is 5.93. The molecule has 1 saturated carbocycles. The zero-order chi connectivity index (χ0) is 21.2. The molecule has 7 nitrogen and oxygen atoms in total. The molecule has 5 rings (SSSR count). The Morgan fingerprint density at radius 1 is 1.10 bits per heavy atom. The lowest BCUT2D eigenvalue weighted by atomic mass is 9.93. The van der Waals surface area contributed by atoms with Gasteiger partial charge in [-0.1, -0.05) is 0 Å². The van der Waals surface area contributed by atoms with Gasteiger partial charge < -0.3 is 20.3 Å². The summed E-state index contributed by atoms with van der Waals surface area (Å²) in [7, 11) is 0. The molecule has 7 heteroatoms. The van der Waals surface area contributed by atoms with Gasteiger partial charge in [0.1, 0.15) is 5.82 Å². The van der Waals surface area contributed by atoms with Crippen LogP contribution < -0.4 is 15.5 Å². The van der Waals surface area contributed by atoms with Crippen LogP contribution in [0.2, 0.25) is 0 Å². The van der Waals surface area contributed by atoms with E-state index in [1.165, 1.54) is 30.5 Å². The minimum atomic E-state index is -0.133. The van der Waals surface area contributed by atoms with E-state index >= 15 is 0 Å². The highest BCUT2D eigenvalue weighted by Gasteiger charge is 2.27. The Balaban J connectivity index is 1.39. The molecule has 1 unspecified atom stereocenters. The number of aromatic nitrogens is 2. The van der Waals surface area contributed by atoms with Crippen LogP contribution in [0.25, 0.3) is 11.4 Å². The van der Waals surface area contributed by atoms with Crippen LogP contribution in [0.3, 0.4) is 0 Å². The number of urea groups is 1. The Bertz CT molecular complexity index is 942. The van der Waals surface area contributed by atoms with Gasteiger partial charge in [-0.05, 0) is 76.1 Å². The molecule has 164 valence electrons. The minimum absolute atomic E-state index is 0.133. The third-order valence-corrected chi connectivity index (χ3v) is 6.64. The van der Waals surface area contributed by atoms with Crippen LogP contribution in [0.15, 0.2) is 24.3 Å². The highest BCUT2D eigenvalue weighted by molar-refractivity contribution is 5.89. The summed E-state index contributed by atoms with van der Waals surface area (Å²) in [6, 6.07) is 8.34. The lowest BCUT2D eigenvalue weighted by Crippen LogP contribution is -2.45. The first-order valence-electron chi connectivity index (χ1n) is 11.6.